The molecule has 1 amide bonds. The van der Waals surface area contributed by atoms with Gasteiger partial charge in [0.05, 0.1) is 17.5 Å². The number of likely N-dealkylation sites (N-methyl/N-ethyl adjacent to an activating group) is 1. The Morgan fingerprint density at radius 1 is 1.25 bits per heavy atom. The van der Waals surface area contributed by atoms with Gasteiger partial charge in [0, 0.05) is 23.5 Å². The summed E-state index contributed by atoms with van der Waals surface area (Å²) in [6.45, 7) is 2.27. The van der Waals surface area contributed by atoms with E-state index in [1.165, 1.54) is 36.2 Å². The Morgan fingerprint density at radius 3 is 2.54 bits per heavy atom. The van der Waals surface area contributed by atoms with Crippen LogP contribution >= 0.6 is 22.9 Å². The average Bonchev–Trinajstić information content (AvgIpc) is 3.36. The molecule has 3 rings (SSSR count). The molecule has 1 aromatic carbocycles. The predicted molar refractivity (Wildman–Crippen MR) is 112 cm³/mol. The molecular weight excluding hydrogens is 418 g/mol. The third-order valence-corrected chi connectivity index (χ3v) is 7.88. The first-order valence-corrected chi connectivity index (χ1v) is 11.8. The summed E-state index contributed by atoms with van der Waals surface area (Å²) in [6, 6.07) is 10.1. The third kappa shape index (κ3) is 5.12. The van der Waals surface area contributed by atoms with E-state index in [0.29, 0.717) is 11.6 Å². The number of benzene rings is 1. The Balaban J connectivity index is 1.60. The van der Waals surface area contributed by atoms with Crippen LogP contribution in [0.5, 0.6) is 0 Å². The minimum absolute atomic E-state index is 0.112. The number of thiophene rings is 1. The van der Waals surface area contributed by atoms with Crippen LogP contribution in [0, 0.1) is 0 Å². The van der Waals surface area contributed by atoms with Gasteiger partial charge in [-0.05, 0) is 61.6 Å². The number of sulfonamides is 1. The van der Waals surface area contributed by atoms with Gasteiger partial charge in [-0.2, -0.15) is 4.31 Å². The molecule has 0 radical (unpaired) electrons. The van der Waals surface area contributed by atoms with E-state index in [0.717, 1.165) is 30.2 Å². The molecule has 152 valence electrons. The number of carbonyl (C=O) groups excluding carboxylic acids is 1. The lowest BCUT2D eigenvalue weighted by Crippen LogP contribution is -2.42. The van der Waals surface area contributed by atoms with Gasteiger partial charge in [-0.15, -0.1) is 11.3 Å². The zero-order valence-electron chi connectivity index (χ0n) is 15.7. The van der Waals surface area contributed by atoms with Crippen LogP contribution in [0.25, 0.3) is 0 Å². The van der Waals surface area contributed by atoms with Gasteiger partial charge in [-0.3, -0.25) is 9.69 Å². The minimum Gasteiger partial charge on any atom is -0.353 e. The van der Waals surface area contributed by atoms with E-state index >= 15 is 0 Å². The van der Waals surface area contributed by atoms with Gasteiger partial charge in [0.1, 0.15) is 0 Å². The summed E-state index contributed by atoms with van der Waals surface area (Å²) in [7, 11) is -2.34. The highest BCUT2D eigenvalue weighted by Gasteiger charge is 2.26. The molecule has 1 aromatic heterocycles. The van der Waals surface area contributed by atoms with Crippen molar-refractivity contribution in [3.63, 3.8) is 0 Å². The van der Waals surface area contributed by atoms with Gasteiger partial charge in [-0.1, -0.05) is 17.7 Å². The number of nitrogens with zero attached hydrogens (tertiary/aromatic N) is 2. The lowest BCUT2D eigenvalue weighted by atomic mass is 10.2. The van der Waals surface area contributed by atoms with E-state index in [1.54, 1.807) is 11.3 Å². The zero-order valence-corrected chi connectivity index (χ0v) is 18.1. The highest BCUT2D eigenvalue weighted by Crippen LogP contribution is 2.27. The Kier molecular flexibility index (Phi) is 7.11. The molecule has 1 fully saturated rings. The maximum Gasteiger partial charge on any atom is 0.243 e. The van der Waals surface area contributed by atoms with Crippen molar-refractivity contribution in [1.82, 2.24) is 14.5 Å². The van der Waals surface area contributed by atoms with Crippen molar-refractivity contribution in [2.45, 2.75) is 23.8 Å². The second-order valence-corrected chi connectivity index (χ2v) is 10.3. The fraction of sp³-hybridized carbons (Fsp3) is 0.421. The van der Waals surface area contributed by atoms with Crippen LogP contribution in [0.15, 0.2) is 46.7 Å². The second-order valence-electron chi connectivity index (χ2n) is 6.79. The molecule has 0 saturated carbocycles. The summed E-state index contributed by atoms with van der Waals surface area (Å²) in [6.07, 6.45) is 2.33. The summed E-state index contributed by atoms with van der Waals surface area (Å²) in [4.78, 5) is 16.1. The van der Waals surface area contributed by atoms with Crippen LogP contribution in [0.3, 0.4) is 0 Å². The maximum atomic E-state index is 12.6. The predicted octanol–water partition coefficient (Wildman–Crippen LogP) is 2.98. The number of hydrogen-bond acceptors (Lipinski definition) is 5. The van der Waals surface area contributed by atoms with Crippen molar-refractivity contribution in [2.24, 2.45) is 0 Å². The smallest absolute Gasteiger partial charge is 0.243 e. The van der Waals surface area contributed by atoms with Crippen molar-refractivity contribution in [3.8, 4) is 0 Å². The van der Waals surface area contributed by atoms with Crippen molar-refractivity contribution < 1.29 is 13.2 Å². The van der Waals surface area contributed by atoms with Gasteiger partial charge in [0.25, 0.3) is 0 Å². The van der Waals surface area contributed by atoms with Crippen LogP contribution < -0.4 is 5.32 Å². The van der Waals surface area contributed by atoms with Gasteiger partial charge < -0.3 is 5.32 Å². The number of hydrogen-bond donors (Lipinski definition) is 1. The number of carbonyl (C=O) groups is 1. The van der Waals surface area contributed by atoms with Crippen LogP contribution in [-0.4, -0.2) is 56.8 Å². The molecular formula is C19H24ClN3O3S2. The number of nitrogens with one attached hydrogen (secondary N) is 1. The summed E-state index contributed by atoms with van der Waals surface area (Å²) >= 11 is 7.49. The Labute approximate surface area is 175 Å². The van der Waals surface area contributed by atoms with Crippen LogP contribution in [0.2, 0.25) is 5.02 Å². The fourth-order valence-corrected chi connectivity index (χ4v) is 5.40. The monoisotopic (exact) mass is 441 g/mol. The fourth-order valence-electron chi connectivity index (χ4n) is 3.28. The van der Waals surface area contributed by atoms with Crippen molar-refractivity contribution >= 4 is 38.9 Å². The summed E-state index contributed by atoms with van der Waals surface area (Å²) < 4.78 is 26.3. The van der Waals surface area contributed by atoms with Crippen molar-refractivity contribution in [2.75, 3.05) is 33.2 Å². The molecule has 0 spiro atoms. The molecule has 1 aliphatic heterocycles. The number of rotatable bonds is 8. The Bertz CT molecular complexity index is 880. The summed E-state index contributed by atoms with van der Waals surface area (Å²) in [5.41, 5.74) is 0. The lowest BCUT2D eigenvalue weighted by Gasteiger charge is -2.27. The molecule has 0 unspecified atom stereocenters. The summed E-state index contributed by atoms with van der Waals surface area (Å²) in [5, 5.41) is 5.40. The van der Waals surface area contributed by atoms with E-state index in [1.807, 2.05) is 11.4 Å². The number of amides is 1. The molecule has 1 N–H and O–H groups in total. The molecule has 1 atom stereocenters. The molecule has 2 heterocycles. The Hall–Kier alpha value is -1.45. The molecule has 0 bridgehead atoms. The SMILES string of the molecule is CN(CC(=O)NC[C@@H](c1cccs1)N1CCCC1)S(=O)(=O)c1ccc(Cl)cc1. The van der Waals surface area contributed by atoms with E-state index in [-0.39, 0.29) is 23.4 Å². The first-order valence-electron chi connectivity index (χ1n) is 9.14. The van der Waals surface area contributed by atoms with Crippen molar-refractivity contribution in [1.29, 1.82) is 0 Å². The number of halogens is 1. The maximum absolute atomic E-state index is 12.6. The molecule has 9 heteroatoms. The third-order valence-electron chi connectivity index (χ3n) is 4.83. The molecule has 0 aliphatic carbocycles. The average molecular weight is 442 g/mol. The van der Waals surface area contributed by atoms with E-state index < -0.39 is 10.0 Å². The highest BCUT2D eigenvalue weighted by atomic mass is 35.5. The van der Waals surface area contributed by atoms with Crippen LogP contribution in [0.1, 0.15) is 23.8 Å². The standard InChI is InChI=1S/C19H24ClN3O3S2/c1-22(28(25,26)16-8-6-15(20)7-9-16)14-19(24)21-13-17(18-5-4-12-27-18)23-10-2-3-11-23/h4-9,12,17H,2-3,10-11,13-14H2,1H3,(H,21,24)/t17-/m0/s1. The van der Waals surface area contributed by atoms with E-state index in [9.17, 15) is 13.2 Å². The molecule has 2 aromatic rings. The topological polar surface area (TPSA) is 69.7 Å². The molecule has 1 saturated heterocycles. The molecule has 1 aliphatic rings. The van der Waals surface area contributed by atoms with Gasteiger partial charge in [0.15, 0.2) is 0 Å². The summed E-state index contributed by atoms with van der Waals surface area (Å²) in [5.74, 6) is -0.319. The Morgan fingerprint density at radius 2 is 1.93 bits per heavy atom. The van der Waals surface area contributed by atoms with Crippen LogP contribution in [0.4, 0.5) is 0 Å². The molecule has 28 heavy (non-hydrogen) atoms. The van der Waals surface area contributed by atoms with E-state index in [4.69, 9.17) is 11.6 Å². The first kappa shape index (κ1) is 21.3. The first-order chi connectivity index (χ1) is 13.4. The van der Waals surface area contributed by atoms with Crippen molar-refractivity contribution in [3.05, 3.63) is 51.7 Å². The zero-order chi connectivity index (χ0) is 20.1. The number of likely N-dealkylation sites (tertiary alicyclic amines) is 1. The quantitative estimate of drug-likeness (QED) is 0.683. The second kappa shape index (κ2) is 9.37. The molecule has 6 nitrogen and oxygen atoms in total. The van der Waals surface area contributed by atoms with E-state index in [2.05, 4.69) is 16.3 Å². The van der Waals surface area contributed by atoms with Crippen LogP contribution in [-0.2, 0) is 14.8 Å². The lowest BCUT2D eigenvalue weighted by molar-refractivity contribution is -0.121. The van der Waals surface area contributed by atoms with Gasteiger partial charge in [0.2, 0.25) is 15.9 Å². The largest absolute Gasteiger partial charge is 0.353 e. The minimum atomic E-state index is -3.74. The highest BCUT2D eigenvalue weighted by molar-refractivity contribution is 7.89. The van der Waals surface area contributed by atoms with Gasteiger partial charge in [-0.25, -0.2) is 8.42 Å². The normalized spacial score (nSPS) is 16.4. The van der Waals surface area contributed by atoms with Gasteiger partial charge >= 0.3 is 0 Å².